The lowest BCUT2D eigenvalue weighted by atomic mass is 10.0. The summed E-state index contributed by atoms with van der Waals surface area (Å²) in [6.45, 7) is 3.49. The van der Waals surface area contributed by atoms with Crippen molar-refractivity contribution in [2.45, 2.75) is 44.8 Å². The zero-order valence-electron chi connectivity index (χ0n) is 13.3. The number of hydrogen-bond acceptors (Lipinski definition) is 3. The van der Waals surface area contributed by atoms with Crippen LogP contribution in [0.2, 0.25) is 0 Å². The Kier molecular flexibility index (Phi) is 7.16. The van der Waals surface area contributed by atoms with Crippen molar-refractivity contribution in [1.82, 2.24) is 4.90 Å². The molecular weight excluding hydrogens is 291 g/mol. The highest BCUT2D eigenvalue weighted by Gasteiger charge is 2.33. The Morgan fingerprint density at radius 1 is 1.27 bits per heavy atom. The van der Waals surface area contributed by atoms with E-state index in [1.165, 1.54) is 6.07 Å². The van der Waals surface area contributed by atoms with Crippen molar-refractivity contribution in [1.29, 1.82) is 0 Å². The molecule has 1 aromatic carbocycles. The Hall–Kier alpha value is -1.27. The lowest BCUT2D eigenvalue weighted by Gasteiger charge is -2.27. The number of nitrogens with zero attached hydrogens (tertiary/aromatic N) is 1. The van der Waals surface area contributed by atoms with E-state index in [1.807, 2.05) is 7.05 Å². The predicted octanol–water partition coefficient (Wildman–Crippen LogP) is 3.28. The number of benzene rings is 1. The molecule has 0 aliphatic carbocycles. The van der Waals surface area contributed by atoms with Gasteiger partial charge in [0.1, 0.15) is 0 Å². The van der Waals surface area contributed by atoms with E-state index in [-0.39, 0.29) is 5.69 Å². The molecule has 1 unspecified atom stereocenters. The fraction of sp³-hybridized carbons (Fsp3) is 0.625. The Morgan fingerprint density at radius 2 is 1.95 bits per heavy atom. The number of nitrogen functional groups attached to an aromatic ring is 1. The first-order chi connectivity index (χ1) is 10.3. The minimum atomic E-state index is -4.40. The van der Waals surface area contributed by atoms with Gasteiger partial charge in [0.2, 0.25) is 0 Å². The third-order valence-electron chi connectivity index (χ3n) is 4.01. The van der Waals surface area contributed by atoms with Gasteiger partial charge in [-0.15, -0.1) is 0 Å². The Labute approximate surface area is 130 Å². The quantitative estimate of drug-likeness (QED) is 0.724. The zero-order valence-corrected chi connectivity index (χ0v) is 13.3. The van der Waals surface area contributed by atoms with Crippen molar-refractivity contribution in [3.8, 4) is 0 Å². The van der Waals surface area contributed by atoms with Gasteiger partial charge in [0, 0.05) is 18.3 Å². The lowest BCUT2D eigenvalue weighted by molar-refractivity contribution is -0.136. The molecule has 4 N–H and O–H groups in total. The topological polar surface area (TPSA) is 55.3 Å². The number of rotatable bonds is 8. The summed E-state index contributed by atoms with van der Waals surface area (Å²) < 4.78 is 38.5. The van der Waals surface area contributed by atoms with Crippen molar-refractivity contribution in [3.63, 3.8) is 0 Å². The van der Waals surface area contributed by atoms with Crippen LogP contribution in [0, 0.1) is 0 Å². The third kappa shape index (κ3) is 5.50. The smallest absolute Gasteiger partial charge is 0.398 e. The average molecular weight is 317 g/mol. The van der Waals surface area contributed by atoms with E-state index in [1.54, 1.807) is 6.07 Å². The van der Waals surface area contributed by atoms with E-state index in [0.717, 1.165) is 25.3 Å². The van der Waals surface area contributed by atoms with E-state index in [4.69, 9.17) is 11.5 Å². The molecule has 1 atom stereocenters. The zero-order chi connectivity index (χ0) is 16.8. The van der Waals surface area contributed by atoms with E-state index < -0.39 is 11.7 Å². The van der Waals surface area contributed by atoms with Crippen LogP contribution < -0.4 is 11.5 Å². The number of likely N-dealkylation sites (N-methyl/N-ethyl adjacent to an activating group) is 1. The van der Waals surface area contributed by atoms with Crippen molar-refractivity contribution in [3.05, 3.63) is 29.3 Å². The van der Waals surface area contributed by atoms with Crippen LogP contribution in [-0.4, -0.2) is 31.1 Å². The summed E-state index contributed by atoms with van der Waals surface area (Å²) in [5, 5.41) is 0. The molecule has 0 amide bonds. The molecule has 0 heterocycles. The monoisotopic (exact) mass is 317 g/mol. The van der Waals surface area contributed by atoms with Crippen LogP contribution in [-0.2, 0) is 12.6 Å². The third-order valence-corrected chi connectivity index (χ3v) is 4.01. The molecule has 0 bridgehead atoms. The first-order valence-corrected chi connectivity index (χ1v) is 7.65. The summed E-state index contributed by atoms with van der Waals surface area (Å²) in [6.07, 6.45) is -0.855. The summed E-state index contributed by atoms with van der Waals surface area (Å²) in [7, 11) is 2.01. The standard InChI is InChI=1S/C16H26F3N3/c1-3-13(5-4-9-20)22(2)10-8-12-6-7-15(21)14(11-12)16(17,18)19/h6-7,11,13H,3-5,8-10,20-21H2,1-2H3. The maximum Gasteiger partial charge on any atom is 0.418 e. The molecule has 1 aromatic rings. The summed E-state index contributed by atoms with van der Waals surface area (Å²) in [4.78, 5) is 2.19. The van der Waals surface area contributed by atoms with Crippen LogP contribution in [0.3, 0.4) is 0 Å². The second kappa shape index (κ2) is 8.39. The van der Waals surface area contributed by atoms with Gasteiger partial charge in [-0.2, -0.15) is 13.2 Å². The molecule has 0 fully saturated rings. The summed E-state index contributed by atoms with van der Waals surface area (Å²) >= 11 is 0. The van der Waals surface area contributed by atoms with Crippen LogP contribution in [0.1, 0.15) is 37.3 Å². The fourth-order valence-electron chi connectivity index (χ4n) is 2.58. The number of alkyl halides is 3. The Morgan fingerprint density at radius 3 is 2.50 bits per heavy atom. The van der Waals surface area contributed by atoms with E-state index in [0.29, 0.717) is 31.1 Å². The second-order valence-electron chi connectivity index (χ2n) is 5.64. The van der Waals surface area contributed by atoms with Gasteiger partial charge in [0.25, 0.3) is 0 Å². The maximum atomic E-state index is 12.8. The molecule has 0 radical (unpaired) electrons. The van der Waals surface area contributed by atoms with Crippen LogP contribution >= 0.6 is 0 Å². The van der Waals surface area contributed by atoms with Gasteiger partial charge >= 0.3 is 6.18 Å². The number of nitrogens with two attached hydrogens (primary N) is 2. The van der Waals surface area contributed by atoms with E-state index >= 15 is 0 Å². The molecule has 1 rings (SSSR count). The number of halogens is 3. The molecule has 22 heavy (non-hydrogen) atoms. The first-order valence-electron chi connectivity index (χ1n) is 7.65. The van der Waals surface area contributed by atoms with Gasteiger partial charge in [0.05, 0.1) is 5.56 Å². The van der Waals surface area contributed by atoms with Crippen LogP contribution in [0.15, 0.2) is 18.2 Å². The molecule has 0 aliphatic rings. The van der Waals surface area contributed by atoms with Gasteiger partial charge in [0.15, 0.2) is 0 Å². The van der Waals surface area contributed by atoms with Gasteiger partial charge in [-0.25, -0.2) is 0 Å². The van der Waals surface area contributed by atoms with Crippen molar-refractivity contribution in [2.75, 3.05) is 25.9 Å². The largest absolute Gasteiger partial charge is 0.418 e. The first kappa shape index (κ1) is 18.8. The molecule has 0 aliphatic heterocycles. The van der Waals surface area contributed by atoms with Gasteiger partial charge in [-0.05, 0) is 57.0 Å². The molecular formula is C16H26F3N3. The lowest BCUT2D eigenvalue weighted by Crippen LogP contribution is -2.33. The fourth-order valence-corrected chi connectivity index (χ4v) is 2.58. The second-order valence-corrected chi connectivity index (χ2v) is 5.64. The molecule has 6 heteroatoms. The van der Waals surface area contributed by atoms with Crippen LogP contribution in [0.4, 0.5) is 18.9 Å². The van der Waals surface area contributed by atoms with E-state index in [2.05, 4.69) is 11.8 Å². The van der Waals surface area contributed by atoms with Gasteiger partial charge in [-0.1, -0.05) is 13.0 Å². The minimum Gasteiger partial charge on any atom is -0.398 e. The summed E-state index contributed by atoms with van der Waals surface area (Å²) in [5.41, 5.74) is 10.6. The molecule has 0 spiro atoms. The summed E-state index contributed by atoms with van der Waals surface area (Å²) in [5.74, 6) is 0. The highest BCUT2D eigenvalue weighted by Crippen LogP contribution is 2.34. The van der Waals surface area contributed by atoms with E-state index in [9.17, 15) is 13.2 Å². The van der Waals surface area contributed by atoms with Crippen molar-refractivity contribution >= 4 is 5.69 Å². The van der Waals surface area contributed by atoms with Crippen LogP contribution in [0.25, 0.3) is 0 Å². The average Bonchev–Trinajstić information content (AvgIpc) is 2.46. The van der Waals surface area contributed by atoms with Gasteiger partial charge < -0.3 is 16.4 Å². The highest BCUT2D eigenvalue weighted by molar-refractivity contribution is 5.50. The molecule has 3 nitrogen and oxygen atoms in total. The molecule has 0 aromatic heterocycles. The normalized spacial score (nSPS) is 13.6. The summed E-state index contributed by atoms with van der Waals surface area (Å²) in [6, 6.07) is 4.58. The SMILES string of the molecule is CCC(CCCN)N(C)CCc1ccc(N)c(C(F)(F)F)c1. The molecule has 126 valence electrons. The minimum absolute atomic E-state index is 0.223. The maximum absolute atomic E-state index is 12.8. The molecule has 0 saturated heterocycles. The number of hydrogen-bond donors (Lipinski definition) is 2. The van der Waals surface area contributed by atoms with Crippen molar-refractivity contribution in [2.24, 2.45) is 5.73 Å². The molecule has 0 saturated carbocycles. The Balaban J connectivity index is 2.68. The van der Waals surface area contributed by atoms with Gasteiger partial charge in [-0.3, -0.25) is 0 Å². The number of anilines is 1. The highest BCUT2D eigenvalue weighted by atomic mass is 19.4. The van der Waals surface area contributed by atoms with Crippen molar-refractivity contribution < 1.29 is 13.2 Å². The Bertz CT molecular complexity index is 460. The predicted molar refractivity (Wildman–Crippen MR) is 84.6 cm³/mol. The van der Waals surface area contributed by atoms with Crippen LogP contribution in [0.5, 0.6) is 0 Å².